The van der Waals surface area contributed by atoms with E-state index in [9.17, 15) is 21.6 Å². The zero-order valence-electron chi connectivity index (χ0n) is 12.0. The van der Waals surface area contributed by atoms with Crippen molar-refractivity contribution >= 4 is 42.3 Å². The molecule has 11 heteroatoms. The number of carbonyl (C=O) groups excluding carboxylic acids is 1. The van der Waals surface area contributed by atoms with Gasteiger partial charge in [0.2, 0.25) is 0 Å². The minimum absolute atomic E-state index is 0.00784. The number of thiazole rings is 1. The summed E-state index contributed by atoms with van der Waals surface area (Å²) in [6, 6.07) is 5.76. The molecular weight excluding hydrogens is 364 g/mol. The molecular formula is C12H12N2O6S3. The summed E-state index contributed by atoms with van der Waals surface area (Å²) in [7, 11) is -7.21. The van der Waals surface area contributed by atoms with E-state index in [0.29, 0.717) is 0 Å². The number of hydrogen-bond donors (Lipinski definition) is 1. The van der Waals surface area contributed by atoms with E-state index in [1.165, 1.54) is 24.3 Å². The van der Waals surface area contributed by atoms with E-state index >= 15 is 0 Å². The molecule has 8 nitrogen and oxygen atoms in total. The molecule has 124 valence electrons. The van der Waals surface area contributed by atoms with Crippen LogP contribution >= 0.6 is 11.3 Å². The molecule has 0 saturated carbocycles. The number of rotatable bonds is 5. The van der Waals surface area contributed by atoms with Gasteiger partial charge in [0.05, 0.1) is 18.0 Å². The smallest absolute Gasteiger partial charge is 0.306 e. The molecule has 0 aliphatic carbocycles. The van der Waals surface area contributed by atoms with Gasteiger partial charge in [-0.3, -0.25) is 10.1 Å². The topological polar surface area (TPSA) is 120 Å². The highest BCUT2D eigenvalue weighted by molar-refractivity contribution is 7.92. The number of nitrogens with zero attached hydrogens (tertiary/aromatic N) is 1. The number of anilines is 1. The van der Waals surface area contributed by atoms with Crippen LogP contribution in [0.3, 0.4) is 0 Å². The van der Waals surface area contributed by atoms with Gasteiger partial charge in [-0.05, 0) is 12.1 Å². The first-order chi connectivity index (χ1) is 10.6. The largest absolute Gasteiger partial charge is 0.382 e. The average Bonchev–Trinajstić information content (AvgIpc) is 2.85. The summed E-state index contributed by atoms with van der Waals surface area (Å²) < 4.78 is 50.0. The maximum atomic E-state index is 12.2. The van der Waals surface area contributed by atoms with Gasteiger partial charge in [0.15, 0.2) is 20.7 Å². The Labute approximate surface area is 137 Å². The molecule has 1 N–H and O–H groups in total. The van der Waals surface area contributed by atoms with Crippen molar-refractivity contribution in [1.29, 1.82) is 0 Å². The van der Waals surface area contributed by atoms with Gasteiger partial charge in [-0.2, -0.15) is 8.42 Å². The number of para-hydroxylation sites is 1. The lowest BCUT2D eigenvalue weighted by molar-refractivity contribution is 0.102. The third-order valence-corrected chi connectivity index (χ3v) is 5.63. The minimum Gasteiger partial charge on any atom is -0.382 e. The van der Waals surface area contributed by atoms with Crippen LogP contribution in [-0.4, -0.2) is 40.2 Å². The second-order valence-corrected chi connectivity index (χ2v) is 9.34. The van der Waals surface area contributed by atoms with Gasteiger partial charge in [0.1, 0.15) is 4.21 Å². The molecule has 0 atom stereocenters. The van der Waals surface area contributed by atoms with E-state index in [2.05, 4.69) is 10.3 Å². The summed E-state index contributed by atoms with van der Waals surface area (Å²) >= 11 is 0.792. The standard InChI is InChI=1S/C12H12N2O6S3/c1-22(16,17)10-7-13-12(21-10)14-11(15)8-5-3-4-6-9(8)20-23(2,18)19/h3-7H,1-2H3,(H,13,14,15). The van der Waals surface area contributed by atoms with E-state index in [1.807, 2.05) is 0 Å². The first-order valence-corrected chi connectivity index (χ1v) is 10.5. The zero-order chi connectivity index (χ0) is 17.3. The van der Waals surface area contributed by atoms with Gasteiger partial charge in [-0.15, -0.1) is 0 Å². The van der Waals surface area contributed by atoms with Gasteiger partial charge in [-0.1, -0.05) is 23.5 Å². The summed E-state index contributed by atoms with van der Waals surface area (Å²) in [5.41, 5.74) is -0.0194. The van der Waals surface area contributed by atoms with Crippen LogP contribution in [0.25, 0.3) is 0 Å². The van der Waals surface area contributed by atoms with Gasteiger partial charge in [-0.25, -0.2) is 13.4 Å². The maximum absolute atomic E-state index is 12.2. The number of amides is 1. The zero-order valence-corrected chi connectivity index (χ0v) is 14.5. The van der Waals surface area contributed by atoms with Crippen molar-refractivity contribution in [1.82, 2.24) is 4.98 Å². The number of benzene rings is 1. The summed E-state index contributed by atoms with van der Waals surface area (Å²) in [5.74, 6) is -0.800. The second kappa shape index (κ2) is 6.26. The molecule has 23 heavy (non-hydrogen) atoms. The van der Waals surface area contributed by atoms with Crippen LogP contribution in [0, 0.1) is 0 Å². The monoisotopic (exact) mass is 376 g/mol. The van der Waals surface area contributed by atoms with Crippen LogP contribution in [0.2, 0.25) is 0 Å². The predicted octanol–water partition coefficient (Wildman–Crippen LogP) is 1.14. The molecule has 2 aromatic rings. The normalized spacial score (nSPS) is 11.9. The number of nitrogens with one attached hydrogen (secondary N) is 1. The summed E-state index contributed by atoms with van der Waals surface area (Å²) in [6.07, 6.45) is 3.02. The first-order valence-electron chi connectivity index (χ1n) is 6.02. The van der Waals surface area contributed by atoms with Crippen molar-refractivity contribution in [2.45, 2.75) is 4.21 Å². The number of aromatic nitrogens is 1. The van der Waals surface area contributed by atoms with Crippen molar-refractivity contribution in [2.24, 2.45) is 0 Å². The summed E-state index contributed by atoms with van der Waals surface area (Å²) in [6.45, 7) is 0. The SMILES string of the molecule is CS(=O)(=O)Oc1ccccc1C(=O)Nc1ncc(S(C)(=O)=O)s1. The molecule has 0 radical (unpaired) electrons. The Balaban J connectivity index is 2.26. The van der Waals surface area contributed by atoms with Gasteiger partial charge in [0.25, 0.3) is 5.91 Å². The number of carbonyl (C=O) groups is 1. The lowest BCUT2D eigenvalue weighted by Crippen LogP contribution is -2.15. The van der Waals surface area contributed by atoms with E-state index in [1.54, 1.807) is 0 Å². The van der Waals surface area contributed by atoms with Crippen molar-refractivity contribution in [3.05, 3.63) is 36.0 Å². The Kier molecular flexibility index (Phi) is 4.73. The molecule has 1 heterocycles. The molecule has 0 spiro atoms. The Morgan fingerprint density at radius 1 is 1.17 bits per heavy atom. The van der Waals surface area contributed by atoms with Crippen LogP contribution in [-0.2, 0) is 20.0 Å². The predicted molar refractivity (Wildman–Crippen MR) is 85.1 cm³/mol. The summed E-state index contributed by atoms with van der Waals surface area (Å²) in [5, 5.41) is 2.48. The highest BCUT2D eigenvalue weighted by Gasteiger charge is 2.18. The van der Waals surface area contributed by atoms with Crippen LogP contribution < -0.4 is 9.50 Å². The fraction of sp³-hybridized carbons (Fsp3) is 0.167. The Morgan fingerprint density at radius 2 is 1.83 bits per heavy atom. The average molecular weight is 376 g/mol. The van der Waals surface area contributed by atoms with E-state index in [-0.39, 0.29) is 20.7 Å². The third-order valence-electron chi connectivity index (χ3n) is 2.44. The van der Waals surface area contributed by atoms with E-state index in [4.69, 9.17) is 4.18 Å². The maximum Gasteiger partial charge on any atom is 0.306 e. The fourth-order valence-corrected chi connectivity index (χ4v) is 3.65. The lowest BCUT2D eigenvalue weighted by atomic mass is 10.2. The van der Waals surface area contributed by atoms with Crippen LogP contribution in [0.4, 0.5) is 5.13 Å². The molecule has 1 aromatic carbocycles. The highest BCUT2D eigenvalue weighted by atomic mass is 32.2. The van der Waals surface area contributed by atoms with E-state index in [0.717, 1.165) is 30.0 Å². The molecule has 0 aliphatic heterocycles. The molecule has 0 bridgehead atoms. The molecule has 0 aliphatic rings. The Hall–Kier alpha value is -1.98. The van der Waals surface area contributed by atoms with Crippen molar-refractivity contribution in [3.8, 4) is 5.75 Å². The fourth-order valence-electron chi connectivity index (χ4n) is 1.54. The van der Waals surface area contributed by atoms with Crippen molar-refractivity contribution < 1.29 is 25.8 Å². The number of hydrogen-bond acceptors (Lipinski definition) is 8. The van der Waals surface area contributed by atoms with Crippen LogP contribution in [0.1, 0.15) is 10.4 Å². The molecule has 1 aromatic heterocycles. The molecule has 0 fully saturated rings. The molecule has 2 rings (SSSR count). The van der Waals surface area contributed by atoms with Crippen LogP contribution in [0.15, 0.2) is 34.7 Å². The van der Waals surface area contributed by atoms with Crippen molar-refractivity contribution in [3.63, 3.8) is 0 Å². The second-order valence-electron chi connectivity index (χ2n) is 4.49. The number of sulfone groups is 1. The Bertz CT molecular complexity index is 947. The van der Waals surface area contributed by atoms with Crippen molar-refractivity contribution in [2.75, 3.05) is 17.8 Å². The molecule has 1 amide bonds. The minimum atomic E-state index is -3.79. The van der Waals surface area contributed by atoms with E-state index < -0.39 is 25.9 Å². The van der Waals surface area contributed by atoms with Gasteiger partial charge < -0.3 is 4.18 Å². The Morgan fingerprint density at radius 3 is 2.39 bits per heavy atom. The quantitative estimate of drug-likeness (QED) is 0.777. The van der Waals surface area contributed by atoms with Crippen LogP contribution in [0.5, 0.6) is 5.75 Å². The lowest BCUT2D eigenvalue weighted by Gasteiger charge is -2.08. The van der Waals surface area contributed by atoms with Gasteiger partial charge >= 0.3 is 10.1 Å². The summed E-state index contributed by atoms with van der Waals surface area (Å²) in [4.78, 5) is 16.0. The third kappa shape index (κ3) is 4.74. The highest BCUT2D eigenvalue weighted by Crippen LogP contribution is 2.25. The first kappa shape index (κ1) is 17.4. The van der Waals surface area contributed by atoms with Gasteiger partial charge in [0, 0.05) is 6.26 Å². The molecule has 0 saturated heterocycles. The molecule has 0 unspecified atom stereocenters.